The maximum atomic E-state index is 11.0. The van der Waals surface area contributed by atoms with E-state index in [-0.39, 0.29) is 22.9 Å². The zero-order valence-electron chi connectivity index (χ0n) is 10.5. The summed E-state index contributed by atoms with van der Waals surface area (Å²) in [6.45, 7) is 0. The van der Waals surface area contributed by atoms with Crippen molar-refractivity contribution in [1.29, 1.82) is 0 Å². The SMILES string of the molecule is COc1ccc([N+](=O)[O-])c(Oc2ncccc2C=O)c1. The summed E-state index contributed by atoms with van der Waals surface area (Å²) in [4.78, 5) is 25.1. The minimum atomic E-state index is -0.585. The molecule has 0 N–H and O–H groups in total. The first-order chi connectivity index (χ1) is 9.65. The van der Waals surface area contributed by atoms with Gasteiger partial charge in [0.15, 0.2) is 6.29 Å². The number of carbonyl (C=O) groups excluding carboxylic acids is 1. The third-order valence-corrected chi connectivity index (χ3v) is 2.50. The van der Waals surface area contributed by atoms with Crippen LogP contribution in [-0.4, -0.2) is 23.3 Å². The van der Waals surface area contributed by atoms with Gasteiger partial charge in [-0.3, -0.25) is 14.9 Å². The van der Waals surface area contributed by atoms with Crippen LogP contribution in [-0.2, 0) is 0 Å². The maximum Gasteiger partial charge on any atom is 0.311 e. The van der Waals surface area contributed by atoms with E-state index in [9.17, 15) is 14.9 Å². The molecule has 0 unspecified atom stereocenters. The summed E-state index contributed by atoms with van der Waals surface area (Å²) in [5.74, 6) is 0.351. The highest BCUT2D eigenvalue weighted by Crippen LogP contribution is 2.34. The number of nitro groups is 1. The standard InChI is InChI=1S/C13H10N2O5/c1-19-10-4-5-11(15(17)18)12(7-10)20-13-9(8-16)3-2-6-14-13/h2-8H,1H3. The lowest BCUT2D eigenvalue weighted by molar-refractivity contribution is -0.385. The normalized spacial score (nSPS) is 9.85. The van der Waals surface area contributed by atoms with E-state index < -0.39 is 4.92 Å². The van der Waals surface area contributed by atoms with Gasteiger partial charge in [-0.25, -0.2) is 4.98 Å². The number of ether oxygens (including phenoxy) is 2. The molecule has 0 spiro atoms. The molecule has 0 bridgehead atoms. The third kappa shape index (κ3) is 2.72. The van der Waals surface area contributed by atoms with Crippen molar-refractivity contribution in [3.05, 3.63) is 52.2 Å². The Kier molecular flexibility index (Phi) is 3.90. The molecule has 0 aliphatic rings. The van der Waals surface area contributed by atoms with Crippen molar-refractivity contribution in [2.24, 2.45) is 0 Å². The molecule has 0 aliphatic heterocycles. The molecule has 0 radical (unpaired) electrons. The molecule has 2 rings (SSSR count). The van der Waals surface area contributed by atoms with Gasteiger partial charge >= 0.3 is 5.69 Å². The highest BCUT2D eigenvalue weighted by Gasteiger charge is 2.18. The van der Waals surface area contributed by atoms with E-state index in [4.69, 9.17) is 9.47 Å². The van der Waals surface area contributed by atoms with Gasteiger partial charge in [-0.05, 0) is 18.2 Å². The van der Waals surface area contributed by atoms with Crippen LogP contribution >= 0.6 is 0 Å². The molecular formula is C13H10N2O5. The van der Waals surface area contributed by atoms with Crippen molar-refractivity contribution in [2.45, 2.75) is 0 Å². The predicted molar refractivity (Wildman–Crippen MR) is 69.3 cm³/mol. The van der Waals surface area contributed by atoms with E-state index in [1.165, 1.54) is 37.6 Å². The van der Waals surface area contributed by atoms with Gasteiger partial charge in [0.05, 0.1) is 17.6 Å². The van der Waals surface area contributed by atoms with Gasteiger partial charge in [0.1, 0.15) is 5.75 Å². The van der Waals surface area contributed by atoms with Crippen LogP contribution in [0.4, 0.5) is 5.69 Å². The van der Waals surface area contributed by atoms with Crippen molar-refractivity contribution in [2.75, 3.05) is 7.11 Å². The summed E-state index contributed by atoms with van der Waals surface area (Å²) < 4.78 is 10.4. The van der Waals surface area contributed by atoms with Gasteiger partial charge in [-0.15, -0.1) is 0 Å². The van der Waals surface area contributed by atoms with Crippen LogP contribution in [0, 0.1) is 10.1 Å². The van der Waals surface area contributed by atoms with Gasteiger partial charge in [0.25, 0.3) is 0 Å². The number of aromatic nitrogens is 1. The molecule has 102 valence electrons. The van der Waals surface area contributed by atoms with Gasteiger partial charge < -0.3 is 9.47 Å². The number of nitrogens with zero attached hydrogens (tertiary/aromatic N) is 2. The van der Waals surface area contributed by atoms with Gasteiger partial charge in [0.2, 0.25) is 11.6 Å². The van der Waals surface area contributed by atoms with Gasteiger partial charge in [0, 0.05) is 18.3 Å². The molecule has 0 atom stereocenters. The number of methoxy groups -OCH3 is 1. The van der Waals surface area contributed by atoms with Gasteiger partial charge in [-0.2, -0.15) is 0 Å². The van der Waals surface area contributed by atoms with Crippen molar-refractivity contribution in [1.82, 2.24) is 4.98 Å². The maximum absolute atomic E-state index is 11.0. The largest absolute Gasteiger partial charge is 0.497 e. The molecule has 0 saturated carbocycles. The fourth-order valence-corrected chi connectivity index (χ4v) is 1.54. The predicted octanol–water partition coefficient (Wildman–Crippen LogP) is 2.60. The average Bonchev–Trinajstić information content (AvgIpc) is 2.47. The van der Waals surface area contributed by atoms with E-state index in [2.05, 4.69) is 4.98 Å². The minimum Gasteiger partial charge on any atom is -0.497 e. The number of benzene rings is 1. The second-order valence-electron chi connectivity index (χ2n) is 3.71. The smallest absolute Gasteiger partial charge is 0.311 e. The first-order valence-electron chi connectivity index (χ1n) is 5.56. The summed E-state index contributed by atoms with van der Waals surface area (Å²) in [5.41, 5.74) is -0.0436. The van der Waals surface area contributed by atoms with Crippen LogP contribution in [0.3, 0.4) is 0 Å². The highest BCUT2D eigenvalue weighted by molar-refractivity contribution is 5.78. The van der Waals surface area contributed by atoms with Crippen LogP contribution in [0.15, 0.2) is 36.5 Å². The summed E-state index contributed by atoms with van der Waals surface area (Å²) >= 11 is 0. The van der Waals surface area contributed by atoms with Crippen molar-refractivity contribution in [3.63, 3.8) is 0 Å². The second-order valence-corrected chi connectivity index (χ2v) is 3.71. The van der Waals surface area contributed by atoms with E-state index in [1.807, 2.05) is 0 Å². The molecule has 1 heterocycles. The van der Waals surface area contributed by atoms with Crippen LogP contribution in [0.5, 0.6) is 17.4 Å². The Morgan fingerprint density at radius 1 is 1.35 bits per heavy atom. The Morgan fingerprint density at radius 2 is 2.15 bits per heavy atom. The molecular weight excluding hydrogens is 264 g/mol. The molecule has 2 aromatic rings. The number of aldehydes is 1. The van der Waals surface area contributed by atoms with Gasteiger partial charge in [-0.1, -0.05) is 0 Å². The Morgan fingerprint density at radius 3 is 2.80 bits per heavy atom. The monoisotopic (exact) mass is 274 g/mol. The Labute approximate surface area is 113 Å². The van der Waals surface area contributed by atoms with Crippen LogP contribution in [0.25, 0.3) is 0 Å². The Balaban J connectivity index is 2.46. The number of nitro benzene ring substituents is 1. The molecule has 1 aromatic carbocycles. The first-order valence-corrected chi connectivity index (χ1v) is 5.56. The topological polar surface area (TPSA) is 91.6 Å². The summed E-state index contributed by atoms with van der Waals surface area (Å²) in [7, 11) is 1.43. The number of rotatable bonds is 5. The zero-order chi connectivity index (χ0) is 14.5. The molecule has 7 heteroatoms. The molecule has 7 nitrogen and oxygen atoms in total. The lowest BCUT2D eigenvalue weighted by Gasteiger charge is -2.08. The van der Waals surface area contributed by atoms with E-state index >= 15 is 0 Å². The molecule has 1 aromatic heterocycles. The van der Waals surface area contributed by atoms with Crippen LogP contribution < -0.4 is 9.47 Å². The lowest BCUT2D eigenvalue weighted by atomic mass is 10.2. The summed E-state index contributed by atoms with van der Waals surface area (Å²) in [6.07, 6.45) is 1.99. The van der Waals surface area contributed by atoms with E-state index in [0.29, 0.717) is 12.0 Å². The second kappa shape index (κ2) is 5.79. The molecule has 20 heavy (non-hydrogen) atoms. The quantitative estimate of drug-likeness (QED) is 0.472. The molecule has 0 fully saturated rings. The number of hydrogen-bond acceptors (Lipinski definition) is 6. The van der Waals surface area contributed by atoms with Crippen molar-refractivity contribution < 1.29 is 19.2 Å². The van der Waals surface area contributed by atoms with E-state index in [0.717, 1.165) is 0 Å². The fraction of sp³-hybridized carbons (Fsp3) is 0.0769. The van der Waals surface area contributed by atoms with Crippen LogP contribution in [0.2, 0.25) is 0 Å². The van der Waals surface area contributed by atoms with E-state index in [1.54, 1.807) is 6.07 Å². The first kappa shape index (κ1) is 13.5. The summed E-state index contributed by atoms with van der Waals surface area (Å²) in [5, 5.41) is 11.0. The Hall–Kier alpha value is -2.96. The summed E-state index contributed by atoms with van der Waals surface area (Å²) in [6, 6.07) is 7.14. The van der Waals surface area contributed by atoms with Crippen molar-refractivity contribution >= 4 is 12.0 Å². The number of carbonyl (C=O) groups is 1. The van der Waals surface area contributed by atoms with Crippen molar-refractivity contribution in [3.8, 4) is 17.4 Å². The highest BCUT2D eigenvalue weighted by atomic mass is 16.6. The fourth-order valence-electron chi connectivity index (χ4n) is 1.54. The zero-order valence-corrected chi connectivity index (χ0v) is 10.5. The molecule has 0 amide bonds. The Bertz CT molecular complexity index is 657. The number of pyridine rings is 1. The molecule has 0 saturated heterocycles. The average molecular weight is 274 g/mol. The minimum absolute atomic E-state index is 0.00106. The van der Waals surface area contributed by atoms with Crippen LogP contribution in [0.1, 0.15) is 10.4 Å². The third-order valence-electron chi connectivity index (χ3n) is 2.50. The molecule has 0 aliphatic carbocycles. The number of hydrogen-bond donors (Lipinski definition) is 0. The lowest BCUT2D eigenvalue weighted by Crippen LogP contribution is -1.97.